The van der Waals surface area contributed by atoms with E-state index in [4.69, 9.17) is 5.10 Å². The van der Waals surface area contributed by atoms with Gasteiger partial charge in [-0.3, -0.25) is 4.68 Å². The molecule has 0 saturated carbocycles. The van der Waals surface area contributed by atoms with Gasteiger partial charge in [0.1, 0.15) is 0 Å². The van der Waals surface area contributed by atoms with Crippen LogP contribution in [0.15, 0.2) is 6.20 Å². The highest BCUT2D eigenvalue weighted by Gasteiger charge is 2.28. The fraction of sp³-hybridized carbons (Fsp3) is 0.833. The molecule has 0 N–H and O–H groups in total. The summed E-state index contributed by atoms with van der Waals surface area (Å²) in [5.74, 6) is 1.66. The summed E-state index contributed by atoms with van der Waals surface area (Å²) in [6.45, 7) is 11.8. The molecule has 0 spiro atoms. The summed E-state index contributed by atoms with van der Waals surface area (Å²) in [6.07, 6.45) is 8.53. The summed E-state index contributed by atoms with van der Waals surface area (Å²) in [5.41, 5.74) is 3.08. The quantitative estimate of drug-likeness (QED) is 0.846. The summed E-state index contributed by atoms with van der Waals surface area (Å²) in [5, 5.41) is 4.78. The Balaban J connectivity index is 1.69. The minimum Gasteiger partial charge on any atom is -0.301 e. The Morgan fingerprint density at radius 2 is 1.81 bits per heavy atom. The van der Waals surface area contributed by atoms with Crippen molar-refractivity contribution < 1.29 is 0 Å². The number of hydrogen-bond acceptors (Lipinski definition) is 2. The van der Waals surface area contributed by atoms with Gasteiger partial charge in [0.2, 0.25) is 0 Å². The van der Waals surface area contributed by atoms with E-state index in [1.54, 1.807) is 5.69 Å². The monoisotopic (exact) mass is 289 g/mol. The first-order chi connectivity index (χ1) is 10.1. The molecule has 21 heavy (non-hydrogen) atoms. The molecule has 1 fully saturated rings. The molecule has 0 amide bonds. The lowest BCUT2D eigenvalue weighted by Gasteiger charge is -2.35. The van der Waals surface area contributed by atoms with Crippen LogP contribution in [0.2, 0.25) is 0 Å². The topological polar surface area (TPSA) is 21.1 Å². The van der Waals surface area contributed by atoms with Crippen molar-refractivity contribution in [3.63, 3.8) is 0 Å². The number of fused-ring (bicyclic) bond motifs is 1. The van der Waals surface area contributed by atoms with E-state index in [0.29, 0.717) is 12.1 Å². The van der Waals surface area contributed by atoms with Gasteiger partial charge in [-0.15, -0.1) is 0 Å². The fourth-order valence-corrected chi connectivity index (χ4v) is 4.11. The van der Waals surface area contributed by atoms with Crippen LogP contribution in [0.4, 0.5) is 0 Å². The van der Waals surface area contributed by atoms with E-state index in [2.05, 4.69) is 43.5 Å². The number of aromatic nitrogens is 2. The Bertz CT molecular complexity index is 467. The maximum absolute atomic E-state index is 4.78. The molecular formula is C18H31N3. The third-order valence-electron chi connectivity index (χ3n) is 5.74. The van der Waals surface area contributed by atoms with Crippen LogP contribution in [0.1, 0.15) is 64.3 Å². The molecule has 3 rings (SSSR count). The zero-order valence-electron chi connectivity index (χ0n) is 14.2. The number of piperidine rings is 1. The Morgan fingerprint density at radius 3 is 2.43 bits per heavy atom. The molecule has 0 bridgehead atoms. The van der Waals surface area contributed by atoms with Crippen LogP contribution < -0.4 is 0 Å². The van der Waals surface area contributed by atoms with Gasteiger partial charge in [-0.05, 0) is 63.4 Å². The average molecular weight is 289 g/mol. The fourth-order valence-electron chi connectivity index (χ4n) is 4.11. The Morgan fingerprint density at radius 1 is 1.10 bits per heavy atom. The van der Waals surface area contributed by atoms with Gasteiger partial charge < -0.3 is 4.90 Å². The van der Waals surface area contributed by atoms with Crippen molar-refractivity contribution in [1.29, 1.82) is 0 Å². The van der Waals surface area contributed by atoms with E-state index < -0.39 is 0 Å². The van der Waals surface area contributed by atoms with E-state index in [0.717, 1.165) is 11.8 Å². The molecule has 1 aliphatic carbocycles. The molecule has 1 aliphatic heterocycles. The predicted octanol–water partition coefficient (Wildman–Crippen LogP) is 3.69. The standard InChI is InChI=1S/C18H31N3/c1-13(2)15-5-6-18-16(11-15)12-19-21(18)17-7-9-20(10-8-17)14(3)4/h12-15,17H,5-11H2,1-4H3. The normalized spacial score (nSPS) is 24.8. The van der Waals surface area contributed by atoms with Gasteiger partial charge >= 0.3 is 0 Å². The van der Waals surface area contributed by atoms with E-state index >= 15 is 0 Å². The number of rotatable bonds is 3. The summed E-state index contributed by atoms with van der Waals surface area (Å²) < 4.78 is 2.39. The second-order valence-electron chi connectivity index (χ2n) is 7.67. The van der Waals surface area contributed by atoms with Crippen LogP contribution in [-0.2, 0) is 12.8 Å². The summed E-state index contributed by atoms with van der Waals surface area (Å²) in [6, 6.07) is 1.32. The molecule has 1 unspecified atom stereocenters. The van der Waals surface area contributed by atoms with Crippen LogP contribution in [-0.4, -0.2) is 33.8 Å². The summed E-state index contributed by atoms with van der Waals surface area (Å²) in [7, 11) is 0. The SMILES string of the molecule is CC(C)C1CCc2c(cnn2C2CCN(C(C)C)CC2)C1. The van der Waals surface area contributed by atoms with Gasteiger partial charge in [0.15, 0.2) is 0 Å². The Labute approximate surface area is 129 Å². The first-order valence-electron chi connectivity index (χ1n) is 8.85. The van der Waals surface area contributed by atoms with Gasteiger partial charge in [0.05, 0.1) is 12.2 Å². The second-order valence-corrected chi connectivity index (χ2v) is 7.67. The number of likely N-dealkylation sites (tertiary alicyclic amines) is 1. The maximum Gasteiger partial charge on any atom is 0.0546 e. The molecule has 3 heteroatoms. The van der Waals surface area contributed by atoms with Crippen molar-refractivity contribution in [2.24, 2.45) is 11.8 Å². The van der Waals surface area contributed by atoms with Crippen molar-refractivity contribution in [3.8, 4) is 0 Å². The smallest absolute Gasteiger partial charge is 0.0546 e. The van der Waals surface area contributed by atoms with Gasteiger partial charge in [-0.2, -0.15) is 5.10 Å². The molecule has 2 heterocycles. The summed E-state index contributed by atoms with van der Waals surface area (Å²) in [4.78, 5) is 2.60. The maximum atomic E-state index is 4.78. The van der Waals surface area contributed by atoms with Crippen LogP contribution in [0.25, 0.3) is 0 Å². The van der Waals surface area contributed by atoms with Crippen LogP contribution in [0, 0.1) is 11.8 Å². The van der Waals surface area contributed by atoms with E-state index in [9.17, 15) is 0 Å². The molecule has 0 radical (unpaired) electrons. The Kier molecular flexibility index (Phi) is 4.39. The lowest BCUT2D eigenvalue weighted by Crippen LogP contribution is -2.39. The highest BCUT2D eigenvalue weighted by atomic mass is 15.3. The Hall–Kier alpha value is -0.830. The zero-order valence-corrected chi connectivity index (χ0v) is 14.2. The molecule has 3 nitrogen and oxygen atoms in total. The van der Waals surface area contributed by atoms with Crippen molar-refractivity contribution in [3.05, 3.63) is 17.5 Å². The molecule has 1 aromatic rings. The molecule has 1 saturated heterocycles. The molecule has 1 aromatic heterocycles. The van der Waals surface area contributed by atoms with E-state index in [-0.39, 0.29) is 0 Å². The molecule has 2 aliphatic rings. The lowest BCUT2D eigenvalue weighted by atomic mass is 9.81. The predicted molar refractivity (Wildman–Crippen MR) is 87.6 cm³/mol. The first-order valence-corrected chi connectivity index (χ1v) is 8.85. The average Bonchev–Trinajstić information content (AvgIpc) is 2.90. The number of nitrogens with zero attached hydrogens (tertiary/aromatic N) is 3. The van der Waals surface area contributed by atoms with E-state index in [1.807, 2.05) is 0 Å². The minimum atomic E-state index is 0.638. The largest absolute Gasteiger partial charge is 0.301 e. The number of hydrogen-bond donors (Lipinski definition) is 0. The van der Waals surface area contributed by atoms with Crippen LogP contribution in [0.5, 0.6) is 0 Å². The van der Waals surface area contributed by atoms with Crippen molar-refractivity contribution in [2.45, 2.75) is 71.9 Å². The van der Waals surface area contributed by atoms with Crippen LogP contribution >= 0.6 is 0 Å². The third kappa shape index (κ3) is 3.03. The van der Waals surface area contributed by atoms with Gasteiger partial charge in [0, 0.05) is 24.8 Å². The minimum absolute atomic E-state index is 0.638. The first kappa shape index (κ1) is 15.1. The van der Waals surface area contributed by atoms with Gasteiger partial charge in [0.25, 0.3) is 0 Å². The highest BCUT2D eigenvalue weighted by Crippen LogP contribution is 2.33. The highest BCUT2D eigenvalue weighted by molar-refractivity contribution is 5.22. The molecule has 118 valence electrons. The third-order valence-corrected chi connectivity index (χ3v) is 5.74. The van der Waals surface area contributed by atoms with Gasteiger partial charge in [-0.25, -0.2) is 0 Å². The zero-order chi connectivity index (χ0) is 15.0. The second kappa shape index (κ2) is 6.12. The molecule has 1 atom stereocenters. The van der Waals surface area contributed by atoms with Crippen molar-refractivity contribution in [2.75, 3.05) is 13.1 Å². The van der Waals surface area contributed by atoms with Crippen molar-refractivity contribution >= 4 is 0 Å². The molecule has 0 aromatic carbocycles. The lowest BCUT2D eigenvalue weighted by molar-refractivity contribution is 0.145. The van der Waals surface area contributed by atoms with Gasteiger partial charge in [-0.1, -0.05) is 13.8 Å². The van der Waals surface area contributed by atoms with E-state index in [1.165, 1.54) is 50.8 Å². The summed E-state index contributed by atoms with van der Waals surface area (Å²) >= 11 is 0. The van der Waals surface area contributed by atoms with Crippen LogP contribution in [0.3, 0.4) is 0 Å². The molecular weight excluding hydrogens is 258 g/mol. The van der Waals surface area contributed by atoms with Crippen molar-refractivity contribution in [1.82, 2.24) is 14.7 Å².